The number of rotatable bonds is 3. The molecule has 1 heterocycles. The first-order chi connectivity index (χ1) is 8.99. The standard InChI is InChI=1S/C16H24N2O/c1-11-6-7-14(9-13(11)3)15(17)10-18-8-4-5-12(2)16(18)19/h6-7,9,12,15H,4-5,8,10,17H2,1-3H3. The zero-order valence-electron chi connectivity index (χ0n) is 12.1. The normalized spacial score (nSPS) is 21.6. The van der Waals surface area contributed by atoms with Gasteiger partial charge in [-0.3, -0.25) is 4.79 Å². The van der Waals surface area contributed by atoms with E-state index in [1.54, 1.807) is 0 Å². The molecule has 1 aliphatic heterocycles. The van der Waals surface area contributed by atoms with Crippen LogP contribution in [0.4, 0.5) is 0 Å². The van der Waals surface area contributed by atoms with Gasteiger partial charge in [0.2, 0.25) is 5.91 Å². The Hall–Kier alpha value is -1.35. The zero-order chi connectivity index (χ0) is 14.0. The van der Waals surface area contributed by atoms with E-state index in [-0.39, 0.29) is 17.9 Å². The van der Waals surface area contributed by atoms with Crippen molar-refractivity contribution in [3.8, 4) is 0 Å². The van der Waals surface area contributed by atoms with Crippen LogP contribution >= 0.6 is 0 Å². The minimum absolute atomic E-state index is 0.0893. The monoisotopic (exact) mass is 260 g/mol. The number of hydrogen-bond donors (Lipinski definition) is 1. The van der Waals surface area contributed by atoms with Gasteiger partial charge in [-0.05, 0) is 43.4 Å². The smallest absolute Gasteiger partial charge is 0.225 e. The minimum atomic E-state index is -0.0893. The fraction of sp³-hybridized carbons (Fsp3) is 0.562. The first-order valence-corrected chi connectivity index (χ1v) is 7.10. The molecule has 19 heavy (non-hydrogen) atoms. The van der Waals surface area contributed by atoms with Crippen molar-refractivity contribution >= 4 is 5.91 Å². The maximum Gasteiger partial charge on any atom is 0.225 e. The van der Waals surface area contributed by atoms with Crippen molar-refractivity contribution < 1.29 is 4.79 Å². The van der Waals surface area contributed by atoms with Crippen LogP contribution in [-0.4, -0.2) is 23.9 Å². The number of hydrogen-bond acceptors (Lipinski definition) is 2. The summed E-state index contributed by atoms with van der Waals surface area (Å²) in [6.45, 7) is 7.68. The maximum atomic E-state index is 12.1. The predicted molar refractivity (Wildman–Crippen MR) is 77.8 cm³/mol. The molecule has 0 aromatic heterocycles. The average molecular weight is 260 g/mol. The molecule has 0 spiro atoms. The van der Waals surface area contributed by atoms with E-state index < -0.39 is 0 Å². The first-order valence-electron chi connectivity index (χ1n) is 7.10. The molecule has 1 amide bonds. The molecule has 2 unspecified atom stereocenters. The van der Waals surface area contributed by atoms with Gasteiger partial charge in [0.15, 0.2) is 0 Å². The highest BCUT2D eigenvalue weighted by Gasteiger charge is 2.26. The molecule has 1 fully saturated rings. The number of likely N-dealkylation sites (tertiary alicyclic amines) is 1. The molecule has 3 heteroatoms. The first kappa shape index (κ1) is 14.1. The van der Waals surface area contributed by atoms with Crippen molar-refractivity contribution in [2.24, 2.45) is 11.7 Å². The zero-order valence-corrected chi connectivity index (χ0v) is 12.1. The van der Waals surface area contributed by atoms with Gasteiger partial charge in [0.05, 0.1) is 0 Å². The molecule has 3 nitrogen and oxygen atoms in total. The quantitative estimate of drug-likeness (QED) is 0.908. The van der Waals surface area contributed by atoms with Gasteiger partial charge in [-0.25, -0.2) is 0 Å². The second-order valence-electron chi connectivity index (χ2n) is 5.78. The molecule has 1 aromatic rings. The summed E-state index contributed by atoms with van der Waals surface area (Å²) in [5.41, 5.74) is 9.91. The molecule has 1 saturated heterocycles. The SMILES string of the molecule is Cc1ccc(C(N)CN2CCCC(C)C2=O)cc1C. The van der Waals surface area contributed by atoms with E-state index in [2.05, 4.69) is 32.0 Å². The predicted octanol–water partition coefficient (Wildman–Crippen LogP) is 2.56. The molecule has 2 N–H and O–H groups in total. The van der Waals surface area contributed by atoms with Crippen LogP contribution in [0, 0.1) is 19.8 Å². The van der Waals surface area contributed by atoms with Crippen LogP contribution in [0.1, 0.15) is 42.5 Å². The number of amides is 1. The van der Waals surface area contributed by atoms with Gasteiger partial charge < -0.3 is 10.6 Å². The van der Waals surface area contributed by atoms with Crippen molar-refractivity contribution in [3.63, 3.8) is 0 Å². The highest BCUT2D eigenvalue weighted by molar-refractivity contribution is 5.79. The lowest BCUT2D eigenvalue weighted by molar-refractivity contribution is -0.138. The lowest BCUT2D eigenvalue weighted by Gasteiger charge is -2.32. The maximum absolute atomic E-state index is 12.1. The van der Waals surface area contributed by atoms with Gasteiger partial charge >= 0.3 is 0 Å². The van der Waals surface area contributed by atoms with E-state index in [0.29, 0.717) is 6.54 Å². The summed E-state index contributed by atoms with van der Waals surface area (Å²) >= 11 is 0. The Bertz CT molecular complexity index is 470. The van der Waals surface area contributed by atoms with Crippen molar-refractivity contribution in [3.05, 3.63) is 34.9 Å². The van der Waals surface area contributed by atoms with Crippen molar-refractivity contribution in [1.29, 1.82) is 0 Å². The highest BCUT2D eigenvalue weighted by Crippen LogP contribution is 2.21. The Labute approximate surface area is 115 Å². The van der Waals surface area contributed by atoms with Crippen LogP contribution in [0.15, 0.2) is 18.2 Å². The number of nitrogens with zero attached hydrogens (tertiary/aromatic N) is 1. The van der Waals surface area contributed by atoms with Crippen molar-refractivity contribution in [2.45, 2.75) is 39.7 Å². The van der Waals surface area contributed by atoms with Gasteiger partial charge in [0.25, 0.3) is 0 Å². The number of aryl methyl sites for hydroxylation is 2. The topological polar surface area (TPSA) is 46.3 Å². The molecule has 0 saturated carbocycles. The van der Waals surface area contributed by atoms with Gasteiger partial charge in [0, 0.05) is 25.0 Å². The Kier molecular flexibility index (Phi) is 4.25. The average Bonchev–Trinajstić information content (AvgIpc) is 2.38. The third-order valence-electron chi connectivity index (χ3n) is 4.17. The fourth-order valence-electron chi connectivity index (χ4n) is 2.65. The minimum Gasteiger partial charge on any atom is -0.341 e. The summed E-state index contributed by atoms with van der Waals surface area (Å²) in [4.78, 5) is 14.0. The summed E-state index contributed by atoms with van der Waals surface area (Å²) in [5.74, 6) is 0.409. The molecule has 1 aliphatic rings. The van der Waals surface area contributed by atoms with Crippen LogP contribution in [-0.2, 0) is 4.79 Å². The number of nitrogens with two attached hydrogens (primary N) is 1. The largest absolute Gasteiger partial charge is 0.341 e. The van der Waals surface area contributed by atoms with Gasteiger partial charge in [0.1, 0.15) is 0 Å². The van der Waals surface area contributed by atoms with Gasteiger partial charge in [-0.2, -0.15) is 0 Å². The number of carbonyl (C=O) groups excluding carboxylic acids is 1. The second kappa shape index (κ2) is 5.74. The Morgan fingerprint density at radius 3 is 2.79 bits per heavy atom. The number of benzene rings is 1. The molecular weight excluding hydrogens is 236 g/mol. The Balaban J connectivity index is 2.05. The lowest BCUT2D eigenvalue weighted by atomic mass is 9.97. The second-order valence-corrected chi connectivity index (χ2v) is 5.78. The summed E-state index contributed by atoms with van der Waals surface area (Å²) in [6.07, 6.45) is 2.10. The van der Waals surface area contributed by atoms with Crippen LogP contribution in [0.5, 0.6) is 0 Å². The van der Waals surface area contributed by atoms with E-state index in [9.17, 15) is 4.79 Å². The molecule has 0 aliphatic carbocycles. The molecule has 1 aromatic carbocycles. The Morgan fingerprint density at radius 1 is 1.37 bits per heavy atom. The summed E-state index contributed by atoms with van der Waals surface area (Å²) in [7, 11) is 0. The third-order valence-corrected chi connectivity index (χ3v) is 4.17. The van der Waals surface area contributed by atoms with Gasteiger partial charge in [-0.15, -0.1) is 0 Å². The van der Waals surface area contributed by atoms with Crippen molar-refractivity contribution in [1.82, 2.24) is 4.90 Å². The molecule has 104 valence electrons. The lowest BCUT2D eigenvalue weighted by Crippen LogP contribution is -2.43. The van der Waals surface area contributed by atoms with E-state index in [0.717, 1.165) is 24.9 Å². The van der Waals surface area contributed by atoms with Crippen LogP contribution in [0.2, 0.25) is 0 Å². The number of piperidine rings is 1. The number of carbonyl (C=O) groups is 1. The van der Waals surface area contributed by atoms with Crippen LogP contribution < -0.4 is 5.73 Å². The van der Waals surface area contributed by atoms with Gasteiger partial charge in [-0.1, -0.05) is 25.1 Å². The van der Waals surface area contributed by atoms with E-state index >= 15 is 0 Å². The third kappa shape index (κ3) is 3.16. The van der Waals surface area contributed by atoms with Crippen LogP contribution in [0.3, 0.4) is 0 Å². The van der Waals surface area contributed by atoms with E-state index in [1.165, 1.54) is 11.1 Å². The summed E-state index contributed by atoms with van der Waals surface area (Å²) in [5, 5.41) is 0. The molecule has 2 atom stereocenters. The summed E-state index contributed by atoms with van der Waals surface area (Å²) in [6, 6.07) is 6.22. The fourth-order valence-corrected chi connectivity index (χ4v) is 2.65. The molecule has 0 radical (unpaired) electrons. The van der Waals surface area contributed by atoms with E-state index in [1.807, 2.05) is 11.8 Å². The molecular formula is C16H24N2O. The highest BCUT2D eigenvalue weighted by atomic mass is 16.2. The van der Waals surface area contributed by atoms with Crippen LogP contribution in [0.25, 0.3) is 0 Å². The Morgan fingerprint density at radius 2 is 2.11 bits per heavy atom. The van der Waals surface area contributed by atoms with E-state index in [4.69, 9.17) is 5.73 Å². The summed E-state index contributed by atoms with van der Waals surface area (Å²) < 4.78 is 0. The molecule has 0 bridgehead atoms. The van der Waals surface area contributed by atoms with Crippen molar-refractivity contribution in [2.75, 3.05) is 13.1 Å². The molecule has 2 rings (SSSR count).